The van der Waals surface area contributed by atoms with E-state index in [4.69, 9.17) is 10.5 Å². The van der Waals surface area contributed by atoms with Gasteiger partial charge in [-0.25, -0.2) is 0 Å². The van der Waals surface area contributed by atoms with Gasteiger partial charge in [-0.05, 0) is 11.6 Å². The lowest BCUT2D eigenvalue weighted by atomic mass is 10.0. The van der Waals surface area contributed by atoms with Crippen LogP contribution >= 0.6 is 0 Å². The summed E-state index contributed by atoms with van der Waals surface area (Å²) in [4.78, 5) is 0. The average molecular weight is 247 g/mol. The SMILES string of the molecule is COc1ccccc1CC(O)c1cnn(C)c1N. The van der Waals surface area contributed by atoms with E-state index in [1.807, 2.05) is 24.3 Å². The van der Waals surface area contributed by atoms with Gasteiger partial charge in [0.25, 0.3) is 0 Å². The van der Waals surface area contributed by atoms with Crippen LogP contribution in [0.25, 0.3) is 0 Å². The average Bonchev–Trinajstić information content (AvgIpc) is 2.71. The minimum absolute atomic E-state index is 0.444. The molecule has 0 radical (unpaired) electrons. The highest BCUT2D eigenvalue weighted by molar-refractivity contribution is 5.42. The van der Waals surface area contributed by atoms with Crippen molar-refractivity contribution >= 4 is 5.82 Å². The Hall–Kier alpha value is -2.01. The molecule has 1 unspecified atom stereocenters. The number of nitrogens with zero attached hydrogens (tertiary/aromatic N) is 2. The zero-order chi connectivity index (χ0) is 13.1. The monoisotopic (exact) mass is 247 g/mol. The van der Waals surface area contributed by atoms with Crippen LogP contribution < -0.4 is 10.5 Å². The maximum atomic E-state index is 10.2. The number of methoxy groups -OCH3 is 1. The Balaban J connectivity index is 2.21. The molecule has 0 fully saturated rings. The van der Waals surface area contributed by atoms with Crippen LogP contribution in [0.15, 0.2) is 30.5 Å². The van der Waals surface area contributed by atoms with Crippen molar-refractivity contribution in [2.75, 3.05) is 12.8 Å². The Bertz CT molecular complexity index is 537. The molecule has 0 aliphatic rings. The van der Waals surface area contributed by atoms with Crippen molar-refractivity contribution < 1.29 is 9.84 Å². The van der Waals surface area contributed by atoms with Crippen LogP contribution in [0.5, 0.6) is 5.75 Å². The predicted octanol–water partition coefficient (Wildman–Crippen LogP) is 1.29. The molecule has 3 N–H and O–H groups in total. The van der Waals surface area contributed by atoms with Crippen LogP contribution in [-0.2, 0) is 13.5 Å². The third kappa shape index (κ3) is 2.31. The van der Waals surface area contributed by atoms with Gasteiger partial charge in [0, 0.05) is 19.0 Å². The summed E-state index contributed by atoms with van der Waals surface area (Å²) in [5.41, 5.74) is 7.42. The summed E-state index contributed by atoms with van der Waals surface area (Å²) in [5, 5.41) is 14.2. The van der Waals surface area contributed by atoms with Crippen LogP contribution in [0.2, 0.25) is 0 Å². The zero-order valence-corrected chi connectivity index (χ0v) is 10.5. The smallest absolute Gasteiger partial charge is 0.127 e. The number of hydrogen-bond donors (Lipinski definition) is 2. The number of anilines is 1. The summed E-state index contributed by atoms with van der Waals surface area (Å²) in [6.45, 7) is 0. The molecule has 2 rings (SSSR count). The van der Waals surface area contributed by atoms with E-state index in [1.54, 1.807) is 25.0 Å². The molecule has 0 aliphatic heterocycles. The largest absolute Gasteiger partial charge is 0.496 e. The van der Waals surface area contributed by atoms with E-state index < -0.39 is 6.10 Å². The molecule has 18 heavy (non-hydrogen) atoms. The van der Waals surface area contributed by atoms with Gasteiger partial charge in [0.1, 0.15) is 11.6 Å². The molecule has 1 aromatic carbocycles. The Kier molecular flexibility index (Phi) is 3.53. The molecule has 5 nitrogen and oxygen atoms in total. The van der Waals surface area contributed by atoms with Gasteiger partial charge >= 0.3 is 0 Å². The van der Waals surface area contributed by atoms with Gasteiger partial charge in [-0.1, -0.05) is 18.2 Å². The number of ether oxygens (including phenoxy) is 1. The molecule has 5 heteroatoms. The lowest BCUT2D eigenvalue weighted by Crippen LogP contribution is -2.06. The number of rotatable bonds is 4. The third-order valence-electron chi connectivity index (χ3n) is 2.98. The fraction of sp³-hybridized carbons (Fsp3) is 0.308. The van der Waals surface area contributed by atoms with E-state index >= 15 is 0 Å². The highest BCUT2D eigenvalue weighted by Gasteiger charge is 2.16. The summed E-state index contributed by atoms with van der Waals surface area (Å²) in [5.74, 6) is 1.25. The molecule has 1 aromatic heterocycles. The maximum absolute atomic E-state index is 10.2. The molecule has 1 heterocycles. The Morgan fingerprint density at radius 3 is 2.78 bits per heavy atom. The van der Waals surface area contributed by atoms with Gasteiger partial charge in [0.15, 0.2) is 0 Å². The minimum atomic E-state index is -0.685. The van der Waals surface area contributed by atoms with Gasteiger partial charge in [-0.15, -0.1) is 0 Å². The number of nitrogens with two attached hydrogens (primary N) is 1. The molecule has 0 bridgehead atoms. The number of benzene rings is 1. The highest BCUT2D eigenvalue weighted by Crippen LogP contribution is 2.27. The predicted molar refractivity (Wildman–Crippen MR) is 69.3 cm³/mol. The molecule has 0 amide bonds. The molecule has 0 saturated heterocycles. The summed E-state index contributed by atoms with van der Waals surface area (Å²) in [7, 11) is 3.36. The normalized spacial score (nSPS) is 12.4. The quantitative estimate of drug-likeness (QED) is 0.853. The van der Waals surface area contributed by atoms with Gasteiger partial charge in [0.05, 0.1) is 19.4 Å². The van der Waals surface area contributed by atoms with Crippen LogP contribution in [0.3, 0.4) is 0 Å². The first-order chi connectivity index (χ1) is 8.63. The number of nitrogen functional groups attached to an aromatic ring is 1. The van der Waals surface area contributed by atoms with Crippen molar-refractivity contribution in [2.45, 2.75) is 12.5 Å². The molecule has 0 aliphatic carbocycles. The number of aromatic nitrogens is 2. The van der Waals surface area contributed by atoms with Gasteiger partial charge in [-0.3, -0.25) is 4.68 Å². The van der Waals surface area contributed by atoms with Crippen LogP contribution in [-0.4, -0.2) is 22.0 Å². The Labute approximate surface area is 106 Å². The van der Waals surface area contributed by atoms with E-state index in [0.717, 1.165) is 11.3 Å². The summed E-state index contributed by atoms with van der Waals surface area (Å²) in [6.07, 6.45) is 1.35. The van der Waals surface area contributed by atoms with Crippen LogP contribution in [0, 0.1) is 0 Å². The number of aliphatic hydroxyl groups is 1. The fourth-order valence-electron chi connectivity index (χ4n) is 1.91. The number of aryl methyl sites for hydroxylation is 1. The second kappa shape index (κ2) is 5.10. The second-order valence-corrected chi connectivity index (χ2v) is 4.14. The van der Waals surface area contributed by atoms with E-state index in [9.17, 15) is 5.11 Å². The van der Waals surface area contributed by atoms with E-state index in [2.05, 4.69) is 5.10 Å². The van der Waals surface area contributed by atoms with Gasteiger partial charge in [0.2, 0.25) is 0 Å². The highest BCUT2D eigenvalue weighted by atomic mass is 16.5. The second-order valence-electron chi connectivity index (χ2n) is 4.14. The van der Waals surface area contributed by atoms with Crippen molar-refractivity contribution in [3.8, 4) is 5.75 Å². The summed E-state index contributed by atoms with van der Waals surface area (Å²) < 4.78 is 6.80. The molecule has 96 valence electrons. The van der Waals surface area contributed by atoms with E-state index in [0.29, 0.717) is 17.8 Å². The fourth-order valence-corrected chi connectivity index (χ4v) is 1.91. The first kappa shape index (κ1) is 12.4. The maximum Gasteiger partial charge on any atom is 0.127 e. The minimum Gasteiger partial charge on any atom is -0.496 e. The lowest BCUT2D eigenvalue weighted by molar-refractivity contribution is 0.178. The number of para-hydroxylation sites is 1. The number of aliphatic hydroxyl groups excluding tert-OH is 1. The van der Waals surface area contributed by atoms with E-state index in [1.165, 1.54) is 0 Å². The molecular weight excluding hydrogens is 230 g/mol. The van der Waals surface area contributed by atoms with Crippen molar-refractivity contribution in [3.63, 3.8) is 0 Å². The number of hydrogen-bond acceptors (Lipinski definition) is 4. The Morgan fingerprint density at radius 2 is 2.17 bits per heavy atom. The van der Waals surface area contributed by atoms with E-state index in [-0.39, 0.29) is 0 Å². The van der Waals surface area contributed by atoms with Crippen molar-refractivity contribution in [2.24, 2.45) is 7.05 Å². The van der Waals surface area contributed by atoms with Crippen molar-refractivity contribution in [3.05, 3.63) is 41.6 Å². The van der Waals surface area contributed by atoms with Crippen molar-refractivity contribution in [1.82, 2.24) is 9.78 Å². The molecule has 0 spiro atoms. The molecule has 1 atom stereocenters. The molecular formula is C13H17N3O2. The zero-order valence-electron chi connectivity index (χ0n) is 10.5. The molecule has 0 saturated carbocycles. The van der Waals surface area contributed by atoms with Gasteiger partial charge < -0.3 is 15.6 Å². The first-order valence-corrected chi connectivity index (χ1v) is 5.70. The van der Waals surface area contributed by atoms with Crippen LogP contribution in [0.1, 0.15) is 17.2 Å². The van der Waals surface area contributed by atoms with Crippen LogP contribution in [0.4, 0.5) is 5.82 Å². The summed E-state index contributed by atoms with van der Waals surface area (Å²) in [6, 6.07) is 7.60. The van der Waals surface area contributed by atoms with Gasteiger partial charge in [-0.2, -0.15) is 5.10 Å². The Morgan fingerprint density at radius 1 is 1.44 bits per heavy atom. The standard InChI is InChI=1S/C13H17N3O2/c1-16-13(14)10(8-15-16)11(17)7-9-5-3-4-6-12(9)18-2/h3-6,8,11,17H,7,14H2,1-2H3. The first-order valence-electron chi connectivity index (χ1n) is 5.70. The molecule has 2 aromatic rings. The third-order valence-corrected chi connectivity index (χ3v) is 2.98. The topological polar surface area (TPSA) is 73.3 Å². The lowest BCUT2D eigenvalue weighted by Gasteiger charge is -2.13. The van der Waals surface area contributed by atoms with Crippen molar-refractivity contribution in [1.29, 1.82) is 0 Å². The summed E-state index contributed by atoms with van der Waals surface area (Å²) >= 11 is 0.